The SMILES string of the molecule is Cc1cc(C)c(Nc2nc(CCC(=O)O)cs2)c(Br)c1. The molecule has 106 valence electrons. The van der Waals surface area contributed by atoms with Crippen molar-refractivity contribution in [2.75, 3.05) is 5.32 Å². The van der Waals surface area contributed by atoms with E-state index in [-0.39, 0.29) is 6.42 Å². The molecule has 0 saturated heterocycles. The third kappa shape index (κ3) is 3.80. The number of nitrogens with one attached hydrogen (secondary N) is 1. The van der Waals surface area contributed by atoms with E-state index in [1.807, 2.05) is 18.4 Å². The van der Waals surface area contributed by atoms with Gasteiger partial charge in [-0.05, 0) is 47.0 Å². The molecular weight excluding hydrogens is 340 g/mol. The molecule has 1 aromatic carbocycles. The van der Waals surface area contributed by atoms with Crippen molar-refractivity contribution in [3.05, 3.63) is 38.8 Å². The van der Waals surface area contributed by atoms with Gasteiger partial charge < -0.3 is 10.4 Å². The first-order valence-electron chi connectivity index (χ1n) is 6.15. The highest BCUT2D eigenvalue weighted by atomic mass is 79.9. The third-order valence-electron chi connectivity index (χ3n) is 2.81. The Hall–Kier alpha value is -1.40. The lowest BCUT2D eigenvalue weighted by atomic mass is 10.1. The van der Waals surface area contributed by atoms with Gasteiger partial charge in [0, 0.05) is 16.3 Å². The summed E-state index contributed by atoms with van der Waals surface area (Å²) < 4.78 is 0.997. The molecule has 6 heteroatoms. The summed E-state index contributed by atoms with van der Waals surface area (Å²) in [4.78, 5) is 15.0. The van der Waals surface area contributed by atoms with Crippen molar-refractivity contribution >= 4 is 44.1 Å². The molecule has 0 aliphatic heterocycles. The fourth-order valence-electron chi connectivity index (χ4n) is 1.90. The molecule has 0 bridgehead atoms. The lowest BCUT2D eigenvalue weighted by Gasteiger charge is -2.10. The number of aromatic nitrogens is 1. The van der Waals surface area contributed by atoms with Crippen molar-refractivity contribution in [2.45, 2.75) is 26.7 Å². The van der Waals surface area contributed by atoms with Crippen LogP contribution in [0.25, 0.3) is 0 Å². The maximum absolute atomic E-state index is 10.5. The molecule has 0 aliphatic rings. The summed E-state index contributed by atoms with van der Waals surface area (Å²) in [6.07, 6.45) is 0.567. The van der Waals surface area contributed by atoms with Crippen LogP contribution in [0.1, 0.15) is 23.2 Å². The number of thiazole rings is 1. The monoisotopic (exact) mass is 354 g/mol. The van der Waals surface area contributed by atoms with Gasteiger partial charge in [0.2, 0.25) is 0 Å². The van der Waals surface area contributed by atoms with Crippen LogP contribution in [-0.2, 0) is 11.2 Å². The van der Waals surface area contributed by atoms with E-state index in [0.717, 1.165) is 26.5 Å². The molecule has 2 N–H and O–H groups in total. The van der Waals surface area contributed by atoms with Gasteiger partial charge in [0.25, 0.3) is 0 Å². The highest BCUT2D eigenvalue weighted by Gasteiger charge is 2.09. The van der Waals surface area contributed by atoms with Crippen molar-refractivity contribution in [2.24, 2.45) is 0 Å². The first-order valence-corrected chi connectivity index (χ1v) is 7.83. The summed E-state index contributed by atoms with van der Waals surface area (Å²) in [5.74, 6) is -0.801. The Morgan fingerprint density at radius 1 is 1.45 bits per heavy atom. The minimum Gasteiger partial charge on any atom is -0.481 e. The van der Waals surface area contributed by atoms with Crippen LogP contribution in [0.15, 0.2) is 22.0 Å². The van der Waals surface area contributed by atoms with Crippen LogP contribution >= 0.6 is 27.3 Å². The maximum atomic E-state index is 10.5. The van der Waals surface area contributed by atoms with E-state index in [1.165, 1.54) is 16.9 Å². The average molecular weight is 355 g/mol. The second-order valence-electron chi connectivity index (χ2n) is 4.60. The predicted molar refractivity (Wildman–Crippen MR) is 85.0 cm³/mol. The number of aryl methyl sites for hydroxylation is 3. The molecule has 0 atom stereocenters. The summed E-state index contributed by atoms with van der Waals surface area (Å²) in [6, 6.07) is 4.15. The lowest BCUT2D eigenvalue weighted by Crippen LogP contribution is -1.98. The quantitative estimate of drug-likeness (QED) is 0.840. The second kappa shape index (κ2) is 6.37. The van der Waals surface area contributed by atoms with Crippen molar-refractivity contribution in [1.82, 2.24) is 4.98 Å². The van der Waals surface area contributed by atoms with Gasteiger partial charge in [0.1, 0.15) is 0 Å². The van der Waals surface area contributed by atoms with Crippen molar-refractivity contribution in [3.63, 3.8) is 0 Å². The van der Waals surface area contributed by atoms with Gasteiger partial charge in [-0.1, -0.05) is 6.07 Å². The van der Waals surface area contributed by atoms with E-state index < -0.39 is 5.97 Å². The number of halogens is 1. The normalized spacial score (nSPS) is 10.6. The Morgan fingerprint density at radius 2 is 2.20 bits per heavy atom. The van der Waals surface area contributed by atoms with Gasteiger partial charge in [0.05, 0.1) is 17.8 Å². The van der Waals surface area contributed by atoms with Crippen LogP contribution in [0.2, 0.25) is 0 Å². The number of rotatable bonds is 5. The van der Waals surface area contributed by atoms with Gasteiger partial charge in [-0.25, -0.2) is 4.98 Å². The van der Waals surface area contributed by atoms with Crippen LogP contribution < -0.4 is 5.32 Å². The number of hydrogen-bond acceptors (Lipinski definition) is 4. The van der Waals surface area contributed by atoms with Gasteiger partial charge in [-0.3, -0.25) is 4.79 Å². The van der Waals surface area contributed by atoms with Gasteiger partial charge in [-0.2, -0.15) is 0 Å². The van der Waals surface area contributed by atoms with E-state index >= 15 is 0 Å². The molecule has 1 aromatic heterocycles. The number of hydrogen-bond donors (Lipinski definition) is 2. The first-order chi connectivity index (χ1) is 9.45. The zero-order valence-corrected chi connectivity index (χ0v) is 13.6. The summed E-state index contributed by atoms with van der Waals surface area (Å²) in [6.45, 7) is 4.09. The van der Waals surface area contributed by atoms with Crippen molar-refractivity contribution in [3.8, 4) is 0 Å². The number of nitrogens with zero attached hydrogens (tertiary/aromatic N) is 1. The van der Waals surface area contributed by atoms with E-state index in [9.17, 15) is 4.79 Å². The minimum atomic E-state index is -0.801. The Bertz CT molecular complexity index is 617. The van der Waals surface area contributed by atoms with Gasteiger partial charge in [-0.15, -0.1) is 11.3 Å². The van der Waals surface area contributed by atoms with E-state index in [2.05, 4.69) is 39.2 Å². The van der Waals surface area contributed by atoms with E-state index in [0.29, 0.717) is 6.42 Å². The van der Waals surface area contributed by atoms with Gasteiger partial charge >= 0.3 is 5.97 Å². The van der Waals surface area contributed by atoms with Crippen molar-refractivity contribution in [1.29, 1.82) is 0 Å². The topological polar surface area (TPSA) is 62.2 Å². The van der Waals surface area contributed by atoms with E-state index in [1.54, 1.807) is 0 Å². The molecule has 4 nitrogen and oxygen atoms in total. The lowest BCUT2D eigenvalue weighted by molar-refractivity contribution is -0.136. The van der Waals surface area contributed by atoms with E-state index in [4.69, 9.17) is 5.11 Å². The van der Waals surface area contributed by atoms with Crippen LogP contribution in [0.3, 0.4) is 0 Å². The van der Waals surface area contributed by atoms with Crippen LogP contribution in [0.5, 0.6) is 0 Å². The molecule has 0 unspecified atom stereocenters. The first kappa shape index (κ1) is 15.0. The Balaban J connectivity index is 2.13. The highest BCUT2D eigenvalue weighted by molar-refractivity contribution is 9.10. The zero-order valence-electron chi connectivity index (χ0n) is 11.2. The van der Waals surface area contributed by atoms with Crippen LogP contribution in [-0.4, -0.2) is 16.1 Å². The fourth-order valence-corrected chi connectivity index (χ4v) is 3.42. The average Bonchev–Trinajstić information content (AvgIpc) is 2.79. The predicted octanol–water partition coefficient (Wildman–Crippen LogP) is 4.28. The Morgan fingerprint density at radius 3 is 2.85 bits per heavy atom. The third-order valence-corrected chi connectivity index (χ3v) is 4.24. The molecule has 0 radical (unpaired) electrons. The standard InChI is InChI=1S/C14H15BrN2O2S/c1-8-5-9(2)13(11(15)6-8)17-14-16-10(7-20-14)3-4-12(18)19/h5-7H,3-4H2,1-2H3,(H,16,17)(H,18,19). The molecule has 1 heterocycles. The molecule has 20 heavy (non-hydrogen) atoms. The summed E-state index contributed by atoms with van der Waals surface area (Å²) >= 11 is 5.03. The number of carboxylic acids is 1. The molecule has 2 rings (SSSR count). The molecular formula is C14H15BrN2O2S. The number of benzene rings is 1. The maximum Gasteiger partial charge on any atom is 0.303 e. The molecule has 0 spiro atoms. The molecule has 0 aliphatic carbocycles. The fraction of sp³-hybridized carbons (Fsp3) is 0.286. The van der Waals surface area contributed by atoms with Crippen molar-refractivity contribution < 1.29 is 9.90 Å². The number of anilines is 2. The summed E-state index contributed by atoms with van der Waals surface area (Å²) in [7, 11) is 0. The summed E-state index contributed by atoms with van der Waals surface area (Å²) in [5.41, 5.74) is 4.14. The molecule has 2 aromatic rings. The highest BCUT2D eigenvalue weighted by Crippen LogP contribution is 2.31. The number of carbonyl (C=O) groups is 1. The number of carboxylic acid groups (broad SMARTS) is 1. The zero-order chi connectivity index (χ0) is 14.7. The Labute approximate surface area is 130 Å². The van der Waals surface area contributed by atoms with Crippen LogP contribution in [0.4, 0.5) is 10.8 Å². The molecule has 0 fully saturated rings. The second-order valence-corrected chi connectivity index (χ2v) is 6.31. The largest absolute Gasteiger partial charge is 0.481 e. The minimum absolute atomic E-state index is 0.108. The number of aliphatic carboxylic acids is 1. The van der Waals surface area contributed by atoms with Gasteiger partial charge in [0.15, 0.2) is 5.13 Å². The molecule has 0 saturated carbocycles. The van der Waals surface area contributed by atoms with Crippen LogP contribution in [0, 0.1) is 13.8 Å². The Kier molecular flexibility index (Phi) is 4.77. The molecule has 0 amide bonds. The summed E-state index contributed by atoms with van der Waals surface area (Å²) in [5, 5.41) is 14.6. The smallest absolute Gasteiger partial charge is 0.303 e.